The highest BCUT2D eigenvalue weighted by Gasteiger charge is 2.09. The van der Waals surface area contributed by atoms with Crippen LogP contribution in [0.25, 0.3) is 22.0 Å². The molecular weight excluding hydrogens is 346 g/mol. The standard InChI is InChI=1S/C21H22ClN3O/c1-4-25(5-2)16-11-9-15(10-12-16)13-18(22)20-23-19-14(3)7-6-8-17(19)21(26)24-20/h6-13H,4-5H2,1-3H3,(H,23,24,26)/b18-13-. The number of H-pyrrole nitrogens is 1. The first-order chi connectivity index (χ1) is 12.5. The number of nitrogens with zero attached hydrogens (tertiary/aromatic N) is 2. The van der Waals surface area contributed by atoms with Gasteiger partial charge in [0.15, 0.2) is 5.82 Å². The number of fused-ring (bicyclic) bond motifs is 1. The van der Waals surface area contributed by atoms with Crippen LogP contribution in [-0.2, 0) is 0 Å². The molecule has 0 aliphatic carbocycles. The number of hydrogen-bond donors (Lipinski definition) is 1. The topological polar surface area (TPSA) is 49.0 Å². The number of nitrogens with one attached hydrogen (secondary N) is 1. The molecule has 0 fully saturated rings. The summed E-state index contributed by atoms with van der Waals surface area (Å²) in [7, 11) is 0. The summed E-state index contributed by atoms with van der Waals surface area (Å²) in [5, 5.41) is 0.977. The lowest BCUT2D eigenvalue weighted by atomic mass is 10.1. The van der Waals surface area contributed by atoms with E-state index in [0.29, 0.717) is 21.8 Å². The van der Waals surface area contributed by atoms with E-state index < -0.39 is 0 Å². The summed E-state index contributed by atoms with van der Waals surface area (Å²) in [4.78, 5) is 21.9. The van der Waals surface area contributed by atoms with E-state index in [2.05, 4.69) is 40.8 Å². The summed E-state index contributed by atoms with van der Waals surface area (Å²) in [5.41, 5.74) is 3.57. The van der Waals surface area contributed by atoms with Gasteiger partial charge in [-0.1, -0.05) is 35.9 Å². The minimum absolute atomic E-state index is 0.183. The average Bonchev–Trinajstić information content (AvgIpc) is 2.65. The van der Waals surface area contributed by atoms with Crippen molar-refractivity contribution >= 4 is 39.3 Å². The molecule has 3 rings (SSSR count). The van der Waals surface area contributed by atoms with Gasteiger partial charge in [-0.05, 0) is 56.2 Å². The smallest absolute Gasteiger partial charge is 0.259 e. The predicted octanol–water partition coefficient (Wildman–Crippen LogP) is 4.81. The Morgan fingerprint density at radius 1 is 1.15 bits per heavy atom. The van der Waals surface area contributed by atoms with Gasteiger partial charge in [-0.3, -0.25) is 4.79 Å². The zero-order valence-corrected chi connectivity index (χ0v) is 16.0. The van der Waals surface area contributed by atoms with Gasteiger partial charge in [-0.2, -0.15) is 0 Å². The van der Waals surface area contributed by atoms with Crippen LogP contribution in [0.4, 0.5) is 5.69 Å². The molecule has 0 spiro atoms. The molecule has 0 saturated carbocycles. The van der Waals surface area contributed by atoms with Gasteiger partial charge in [-0.15, -0.1) is 0 Å². The number of rotatable bonds is 5. The maximum absolute atomic E-state index is 12.3. The van der Waals surface area contributed by atoms with Gasteiger partial charge in [0.25, 0.3) is 5.56 Å². The van der Waals surface area contributed by atoms with E-state index in [4.69, 9.17) is 11.6 Å². The average molecular weight is 368 g/mol. The lowest BCUT2D eigenvalue weighted by Gasteiger charge is -2.20. The molecule has 0 atom stereocenters. The van der Waals surface area contributed by atoms with E-state index >= 15 is 0 Å². The van der Waals surface area contributed by atoms with Crippen LogP contribution in [0.5, 0.6) is 0 Å². The fraction of sp³-hybridized carbons (Fsp3) is 0.238. The van der Waals surface area contributed by atoms with E-state index in [-0.39, 0.29) is 5.56 Å². The van der Waals surface area contributed by atoms with E-state index in [1.54, 1.807) is 6.07 Å². The van der Waals surface area contributed by atoms with Crippen molar-refractivity contribution in [1.29, 1.82) is 0 Å². The Hall–Kier alpha value is -2.59. The van der Waals surface area contributed by atoms with Crippen LogP contribution in [0.3, 0.4) is 0 Å². The van der Waals surface area contributed by atoms with Crippen molar-refractivity contribution in [2.45, 2.75) is 20.8 Å². The van der Waals surface area contributed by atoms with E-state index in [0.717, 1.165) is 24.2 Å². The molecule has 0 aliphatic rings. The molecule has 2 aromatic carbocycles. The molecule has 26 heavy (non-hydrogen) atoms. The first kappa shape index (κ1) is 18.2. The van der Waals surface area contributed by atoms with Gasteiger partial charge in [0.05, 0.1) is 15.9 Å². The zero-order valence-electron chi connectivity index (χ0n) is 15.2. The Morgan fingerprint density at radius 2 is 1.85 bits per heavy atom. The third-order valence-electron chi connectivity index (χ3n) is 4.48. The minimum Gasteiger partial charge on any atom is -0.372 e. The quantitative estimate of drug-likeness (QED) is 0.703. The number of anilines is 1. The Bertz CT molecular complexity index is 1000. The van der Waals surface area contributed by atoms with E-state index in [1.165, 1.54) is 5.69 Å². The van der Waals surface area contributed by atoms with Crippen LogP contribution < -0.4 is 10.5 Å². The van der Waals surface area contributed by atoms with Crippen LogP contribution in [0.2, 0.25) is 0 Å². The van der Waals surface area contributed by atoms with Gasteiger partial charge >= 0.3 is 0 Å². The summed E-state index contributed by atoms with van der Waals surface area (Å²) in [6.45, 7) is 8.14. The first-order valence-electron chi connectivity index (χ1n) is 8.75. The number of para-hydroxylation sites is 1. The van der Waals surface area contributed by atoms with Crippen molar-refractivity contribution in [3.8, 4) is 0 Å². The van der Waals surface area contributed by atoms with Gasteiger partial charge in [0, 0.05) is 18.8 Å². The molecule has 0 aliphatic heterocycles. The second kappa shape index (κ2) is 7.75. The fourth-order valence-electron chi connectivity index (χ4n) is 3.00. The Labute approximate surface area is 158 Å². The fourth-order valence-corrected chi connectivity index (χ4v) is 3.22. The van der Waals surface area contributed by atoms with Crippen LogP contribution >= 0.6 is 11.6 Å². The molecule has 5 heteroatoms. The normalized spacial score (nSPS) is 11.8. The molecule has 0 bridgehead atoms. The Morgan fingerprint density at radius 3 is 2.50 bits per heavy atom. The molecule has 0 saturated heterocycles. The van der Waals surface area contributed by atoms with Gasteiger partial charge in [-0.25, -0.2) is 4.98 Å². The summed E-state index contributed by atoms with van der Waals surface area (Å²) >= 11 is 6.44. The molecule has 134 valence electrons. The van der Waals surface area contributed by atoms with Crippen molar-refractivity contribution in [1.82, 2.24) is 9.97 Å². The molecule has 4 nitrogen and oxygen atoms in total. The summed E-state index contributed by atoms with van der Waals surface area (Å²) in [6, 6.07) is 13.7. The SMILES string of the molecule is CCN(CC)c1ccc(/C=C(\Cl)c2nc3c(C)cccc3c(=O)[nH]2)cc1. The maximum Gasteiger partial charge on any atom is 0.259 e. The number of aromatic nitrogens is 2. The number of aromatic amines is 1. The molecule has 1 heterocycles. The van der Waals surface area contributed by atoms with Crippen LogP contribution in [0.15, 0.2) is 47.3 Å². The third kappa shape index (κ3) is 3.65. The first-order valence-corrected chi connectivity index (χ1v) is 9.13. The molecule has 0 radical (unpaired) electrons. The van der Waals surface area contributed by atoms with Crippen molar-refractivity contribution in [3.63, 3.8) is 0 Å². The second-order valence-corrected chi connectivity index (χ2v) is 6.55. The molecule has 0 unspecified atom stereocenters. The highest BCUT2D eigenvalue weighted by Crippen LogP contribution is 2.22. The predicted molar refractivity (Wildman–Crippen MR) is 111 cm³/mol. The van der Waals surface area contributed by atoms with E-state index in [1.807, 2.05) is 37.3 Å². The molecule has 1 aromatic heterocycles. The number of aryl methyl sites for hydroxylation is 1. The van der Waals surface area contributed by atoms with E-state index in [9.17, 15) is 4.79 Å². The largest absolute Gasteiger partial charge is 0.372 e. The van der Waals surface area contributed by atoms with Crippen molar-refractivity contribution in [2.75, 3.05) is 18.0 Å². The third-order valence-corrected chi connectivity index (χ3v) is 4.77. The molecule has 1 N–H and O–H groups in total. The van der Waals surface area contributed by atoms with Crippen molar-refractivity contribution in [3.05, 3.63) is 69.8 Å². The highest BCUT2D eigenvalue weighted by molar-refractivity contribution is 6.50. The monoisotopic (exact) mass is 367 g/mol. The van der Waals surface area contributed by atoms with Crippen LogP contribution in [0, 0.1) is 6.92 Å². The minimum atomic E-state index is -0.183. The van der Waals surface area contributed by atoms with Crippen molar-refractivity contribution in [2.24, 2.45) is 0 Å². The number of benzene rings is 2. The van der Waals surface area contributed by atoms with Gasteiger partial charge in [0.2, 0.25) is 0 Å². The van der Waals surface area contributed by atoms with Gasteiger partial charge < -0.3 is 9.88 Å². The van der Waals surface area contributed by atoms with Crippen molar-refractivity contribution < 1.29 is 0 Å². The molecule has 3 aromatic rings. The number of halogens is 1. The lowest BCUT2D eigenvalue weighted by molar-refractivity contribution is 0.866. The maximum atomic E-state index is 12.3. The highest BCUT2D eigenvalue weighted by atomic mass is 35.5. The number of hydrogen-bond acceptors (Lipinski definition) is 3. The van der Waals surface area contributed by atoms with Gasteiger partial charge in [0.1, 0.15) is 0 Å². The van der Waals surface area contributed by atoms with Crippen LogP contribution in [-0.4, -0.2) is 23.1 Å². The summed E-state index contributed by atoms with van der Waals surface area (Å²) < 4.78 is 0. The molecular formula is C21H22ClN3O. The second-order valence-electron chi connectivity index (χ2n) is 6.14. The lowest BCUT2D eigenvalue weighted by Crippen LogP contribution is -2.21. The zero-order chi connectivity index (χ0) is 18.7. The summed E-state index contributed by atoms with van der Waals surface area (Å²) in [6.07, 6.45) is 1.82. The van der Waals surface area contributed by atoms with Crippen LogP contribution in [0.1, 0.15) is 30.8 Å². The summed E-state index contributed by atoms with van der Waals surface area (Å²) in [5.74, 6) is 0.381. The Balaban J connectivity index is 1.96. The Kier molecular flexibility index (Phi) is 5.43. The molecule has 0 amide bonds.